The Morgan fingerprint density at radius 2 is 1.69 bits per heavy atom. The van der Waals surface area contributed by atoms with Crippen molar-refractivity contribution in [3.05, 3.63) is 95.6 Å². The van der Waals surface area contributed by atoms with Crippen molar-refractivity contribution in [1.29, 1.82) is 0 Å². The topological polar surface area (TPSA) is 88.1 Å². The molecule has 2 unspecified atom stereocenters. The molecular weight excluding hydrogens is 537 g/mol. The van der Waals surface area contributed by atoms with Gasteiger partial charge in [0.05, 0.1) is 17.2 Å². The van der Waals surface area contributed by atoms with Crippen molar-refractivity contribution in [2.45, 2.75) is 30.6 Å². The normalized spacial score (nSPS) is 16.1. The van der Waals surface area contributed by atoms with E-state index >= 15 is 0 Å². The molecular formula is C28H23F3O7S. The molecule has 0 saturated carbocycles. The van der Waals surface area contributed by atoms with Gasteiger partial charge in [0.25, 0.3) is 0 Å². The lowest BCUT2D eigenvalue weighted by Gasteiger charge is -2.20. The molecule has 39 heavy (non-hydrogen) atoms. The molecule has 3 aromatic carbocycles. The van der Waals surface area contributed by atoms with Crippen molar-refractivity contribution >= 4 is 28.6 Å². The molecule has 1 fully saturated rings. The Bertz CT molecular complexity index is 1300. The number of benzene rings is 3. The van der Waals surface area contributed by atoms with Gasteiger partial charge in [-0.3, -0.25) is 9.59 Å². The molecule has 0 bridgehead atoms. The Labute approximate surface area is 226 Å². The number of hydrogen-bond acceptors (Lipinski definition) is 8. The molecule has 0 aliphatic carbocycles. The number of rotatable bonds is 11. The van der Waals surface area contributed by atoms with Crippen LogP contribution in [-0.4, -0.2) is 41.9 Å². The lowest BCUT2D eigenvalue weighted by molar-refractivity contribution is -0.274. The van der Waals surface area contributed by atoms with Crippen LogP contribution >= 0.6 is 11.8 Å². The molecule has 0 spiro atoms. The first-order valence-electron chi connectivity index (χ1n) is 11.8. The van der Waals surface area contributed by atoms with Gasteiger partial charge in [-0.15, -0.1) is 13.2 Å². The first kappa shape index (κ1) is 28.2. The van der Waals surface area contributed by atoms with E-state index in [1.807, 2.05) is 0 Å². The molecule has 0 aromatic heterocycles. The lowest BCUT2D eigenvalue weighted by Crippen LogP contribution is -2.19. The second kappa shape index (κ2) is 12.8. The van der Waals surface area contributed by atoms with E-state index in [1.54, 1.807) is 54.6 Å². The van der Waals surface area contributed by atoms with E-state index in [4.69, 9.17) is 14.2 Å². The summed E-state index contributed by atoms with van der Waals surface area (Å²) in [5.41, 5.74) is 1.47. The number of esters is 1. The Balaban J connectivity index is 1.40. The van der Waals surface area contributed by atoms with Gasteiger partial charge in [0.2, 0.25) is 0 Å². The molecule has 1 saturated heterocycles. The number of carbonyl (C=O) groups excluding carboxylic acids is 3. The number of alkyl halides is 3. The predicted octanol–water partition coefficient (Wildman–Crippen LogP) is 5.68. The van der Waals surface area contributed by atoms with Crippen molar-refractivity contribution in [1.82, 2.24) is 0 Å². The minimum atomic E-state index is -4.87. The third-order valence-corrected chi connectivity index (χ3v) is 6.75. The fourth-order valence-electron chi connectivity index (χ4n) is 3.77. The van der Waals surface area contributed by atoms with E-state index in [-0.39, 0.29) is 23.9 Å². The average molecular weight is 561 g/mol. The van der Waals surface area contributed by atoms with Crippen LogP contribution in [0.25, 0.3) is 0 Å². The minimum absolute atomic E-state index is 0.0478. The van der Waals surface area contributed by atoms with Crippen LogP contribution in [0.5, 0.6) is 11.5 Å². The van der Waals surface area contributed by atoms with Gasteiger partial charge in [-0.25, -0.2) is 4.79 Å². The molecule has 11 heteroatoms. The Kier molecular flexibility index (Phi) is 9.26. The molecule has 0 amide bonds. The van der Waals surface area contributed by atoms with Crippen molar-refractivity contribution in [2.75, 3.05) is 13.4 Å². The summed E-state index contributed by atoms with van der Waals surface area (Å²) in [7, 11) is 0. The molecule has 0 radical (unpaired) electrons. The third kappa shape index (κ3) is 8.59. The molecule has 3 aromatic rings. The highest BCUT2D eigenvalue weighted by atomic mass is 32.2. The summed E-state index contributed by atoms with van der Waals surface area (Å²) in [6.45, 7) is -0.597. The Hall–Kier alpha value is -3.83. The summed E-state index contributed by atoms with van der Waals surface area (Å²) >= 11 is 1.04. The number of carbonyl (C=O) groups is 3. The third-order valence-electron chi connectivity index (χ3n) is 5.63. The number of thioether (sulfide) groups is 1. The second-order valence-corrected chi connectivity index (χ2v) is 9.73. The van der Waals surface area contributed by atoms with Crippen LogP contribution in [0.4, 0.5) is 13.2 Å². The van der Waals surface area contributed by atoms with E-state index in [9.17, 15) is 27.6 Å². The number of halogens is 3. The standard InChI is InChI=1S/C28H23F3O7S/c29-28(30,31)38-22-8-4-7-20(14-22)24(36-17-37-27(34)19-5-2-1-3-6-19)16-35-21-11-9-18(10-12-21)13-25-23(32)15-26(33)39-25/h1-12,14,24-25H,13,15-17H2. The Morgan fingerprint density at radius 1 is 0.949 bits per heavy atom. The van der Waals surface area contributed by atoms with Gasteiger partial charge in [0.15, 0.2) is 17.7 Å². The summed E-state index contributed by atoms with van der Waals surface area (Å²) in [5.74, 6) is -0.703. The molecule has 7 nitrogen and oxygen atoms in total. The van der Waals surface area contributed by atoms with Crippen LogP contribution < -0.4 is 9.47 Å². The van der Waals surface area contributed by atoms with E-state index in [0.717, 1.165) is 23.4 Å². The van der Waals surface area contributed by atoms with Gasteiger partial charge in [0, 0.05) is 0 Å². The molecule has 1 heterocycles. The van der Waals surface area contributed by atoms with Gasteiger partial charge >= 0.3 is 12.3 Å². The predicted molar refractivity (Wildman–Crippen MR) is 135 cm³/mol. The fourth-order valence-corrected chi connectivity index (χ4v) is 4.80. The maximum Gasteiger partial charge on any atom is 0.573 e. The molecule has 204 valence electrons. The summed E-state index contributed by atoms with van der Waals surface area (Å²) in [6, 6.07) is 20.4. The highest BCUT2D eigenvalue weighted by Crippen LogP contribution is 2.30. The number of Topliss-reactive ketones (excluding diaryl/α,β-unsaturated/α-hetero) is 1. The van der Waals surface area contributed by atoms with E-state index < -0.39 is 36.2 Å². The number of ether oxygens (including phenoxy) is 4. The van der Waals surface area contributed by atoms with Gasteiger partial charge in [-0.2, -0.15) is 0 Å². The maximum absolute atomic E-state index is 12.7. The molecule has 2 atom stereocenters. The fraction of sp³-hybridized carbons (Fsp3) is 0.250. The zero-order valence-corrected chi connectivity index (χ0v) is 21.2. The van der Waals surface area contributed by atoms with Crippen LogP contribution in [0, 0.1) is 0 Å². The number of ketones is 1. The summed E-state index contributed by atoms with van der Waals surface area (Å²) in [6.07, 6.45) is -5.41. The van der Waals surface area contributed by atoms with E-state index in [2.05, 4.69) is 4.74 Å². The first-order chi connectivity index (χ1) is 18.7. The van der Waals surface area contributed by atoms with Crippen LogP contribution in [0.15, 0.2) is 78.9 Å². The van der Waals surface area contributed by atoms with Crippen molar-refractivity contribution in [3.8, 4) is 11.5 Å². The number of hydrogen-bond donors (Lipinski definition) is 0. The van der Waals surface area contributed by atoms with E-state index in [1.165, 1.54) is 18.2 Å². The zero-order valence-electron chi connectivity index (χ0n) is 20.4. The van der Waals surface area contributed by atoms with Crippen molar-refractivity contribution in [2.24, 2.45) is 0 Å². The second-order valence-electron chi connectivity index (χ2n) is 8.47. The van der Waals surface area contributed by atoms with Crippen LogP contribution in [0.1, 0.15) is 34.0 Å². The monoisotopic (exact) mass is 560 g/mol. The molecule has 1 aliphatic rings. The molecule has 4 rings (SSSR count). The van der Waals surface area contributed by atoms with Gasteiger partial charge in [-0.1, -0.05) is 54.2 Å². The summed E-state index contributed by atoms with van der Waals surface area (Å²) in [4.78, 5) is 35.6. The Morgan fingerprint density at radius 3 is 2.36 bits per heavy atom. The van der Waals surface area contributed by atoms with Crippen LogP contribution in [0.3, 0.4) is 0 Å². The summed E-state index contributed by atoms with van der Waals surface area (Å²) < 4.78 is 58.8. The minimum Gasteiger partial charge on any atom is -0.491 e. The van der Waals surface area contributed by atoms with Crippen molar-refractivity contribution < 1.29 is 46.5 Å². The van der Waals surface area contributed by atoms with Crippen molar-refractivity contribution in [3.63, 3.8) is 0 Å². The van der Waals surface area contributed by atoms with Crippen LogP contribution in [-0.2, 0) is 25.5 Å². The lowest BCUT2D eigenvalue weighted by atomic mass is 10.1. The molecule has 1 aliphatic heterocycles. The first-order valence-corrected chi connectivity index (χ1v) is 12.7. The highest BCUT2D eigenvalue weighted by Gasteiger charge is 2.32. The quantitative estimate of drug-likeness (QED) is 0.168. The zero-order chi connectivity index (χ0) is 27.8. The van der Waals surface area contributed by atoms with E-state index in [0.29, 0.717) is 23.3 Å². The van der Waals surface area contributed by atoms with Crippen LogP contribution in [0.2, 0.25) is 0 Å². The van der Waals surface area contributed by atoms with Gasteiger partial charge < -0.3 is 18.9 Å². The van der Waals surface area contributed by atoms with Gasteiger partial charge in [-0.05, 0) is 53.9 Å². The largest absolute Gasteiger partial charge is 0.573 e. The van der Waals surface area contributed by atoms with Gasteiger partial charge in [0.1, 0.15) is 24.2 Å². The maximum atomic E-state index is 12.7. The smallest absolute Gasteiger partial charge is 0.491 e. The SMILES string of the molecule is O=C1CC(=O)C(Cc2ccc(OCC(OCOC(=O)c3ccccc3)c3cccc(OC(F)(F)F)c3)cc2)S1. The highest BCUT2D eigenvalue weighted by molar-refractivity contribution is 8.15. The summed E-state index contributed by atoms with van der Waals surface area (Å²) in [5, 5.41) is -0.526. The average Bonchev–Trinajstić information content (AvgIpc) is 3.22. The molecule has 0 N–H and O–H groups in total.